The summed E-state index contributed by atoms with van der Waals surface area (Å²) in [5, 5.41) is 0. The summed E-state index contributed by atoms with van der Waals surface area (Å²) in [4.78, 5) is 12.3. The number of carbonyl (C=O) groups is 1. The Bertz CT molecular complexity index is 578. The van der Waals surface area contributed by atoms with E-state index in [1.807, 2.05) is 31.2 Å². The summed E-state index contributed by atoms with van der Waals surface area (Å²) in [6.07, 6.45) is 0.372. The van der Waals surface area contributed by atoms with Crippen LogP contribution in [0.5, 0.6) is 11.5 Å². The minimum atomic E-state index is 0.0473. The van der Waals surface area contributed by atoms with Crippen LogP contribution >= 0.6 is 0 Å². The number of ketones is 1. The molecule has 0 saturated heterocycles. The summed E-state index contributed by atoms with van der Waals surface area (Å²) in [5.41, 5.74) is 2.79. The molecular formula is C17H18O3. The van der Waals surface area contributed by atoms with Gasteiger partial charge in [-0.25, -0.2) is 0 Å². The van der Waals surface area contributed by atoms with Crippen molar-refractivity contribution in [2.45, 2.75) is 13.3 Å². The number of ether oxygens (including phenoxy) is 2. The van der Waals surface area contributed by atoms with E-state index in [-0.39, 0.29) is 5.78 Å². The molecule has 0 N–H and O–H groups in total. The smallest absolute Gasteiger partial charge is 0.167 e. The van der Waals surface area contributed by atoms with Gasteiger partial charge in [0.15, 0.2) is 5.78 Å². The molecule has 3 nitrogen and oxygen atoms in total. The summed E-state index contributed by atoms with van der Waals surface area (Å²) < 4.78 is 10.4. The third-order valence-corrected chi connectivity index (χ3v) is 3.16. The van der Waals surface area contributed by atoms with Crippen molar-refractivity contribution < 1.29 is 14.3 Å². The van der Waals surface area contributed by atoms with E-state index in [1.165, 1.54) is 5.56 Å². The molecule has 0 aliphatic rings. The first-order valence-electron chi connectivity index (χ1n) is 6.44. The number of aryl methyl sites for hydroxylation is 1. The first kappa shape index (κ1) is 14.1. The number of benzene rings is 2. The van der Waals surface area contributed by atoms with Crippen molar-refractivity contribution in [2.24, 2.45) is 0 Å². The Morgan fingerprint density at radius 1 is 0.950 bits per heavy atom. The molecule has 0 aliphatic carbocycles. The van der Waals surface area contributed by atoms with Crippen molar-refractivity contribution >= 4 is 5.78 Å². The molecule has 0 bridgehead atoms. The lowest BCUT2D eigenvalue weighted by Crippen LogP contribution is -2.04. The highest BCUT2D eigenvalue weighted by molar-refractivity contribution is 5.98. The quantitative estimate of drug-likeness (QED) is 0.781. The summed E-state index contributed by atoms with van der Waals surface area (Å²) in [6.45, 7) is 2.03. The topological polar surface area (TPSA) is 35.5 Å². The minimum Gasteiger partial charge on any atom is -0.497 e. The van der Waals surface area contributed by atoms with Gasteiger partial charge in [-0.2, -0.15) is 0 Å². The predicted octanol–water partition coefficient (Wildman–Crippen LogP) is 3.44. The Morgan fingerprint density at radius 2 is 1.50 bits per heavy atom. The molecule has 104 valence electrons. The van der Waals surface area contributed by atoms with Crippen LogP contribution in [-0.2, 0) is 6.42 Å². The molecule has 0 amide bonds. The van der Waals surface area contributed by atoms with Crippen LogP contribution in [0, 0.1) is 6.92 Å². The fourth-order valence-corrected chi connectivity index (χ4v) is 1.96. The fraction of sp³-hybridized carbons (Fsp3) is 0.235. The number of Topliss-reactive ketones (excluding diaryl/α,β-unsaturated/α-hetero) is 1. The molecule has 0 spiro atoms. The van der Waals surface area contributed by atoms with Gasteiger partial charge in [0.05, 0.1) is 14.2 Å². The van der Waals surface area contributed by atoms with Gasteiger partial charge in [-0.05, 0) is 24.6 Å². The van der Waals surface area contributed by atoms with Crippen LogP contribution in [0.15, 0.2) is 42.5 Å². The molecule has 0 heterocycles. The number of methoxy groups -OCH3 is 2. The lowest BCUT2D eigenvalue weighted by atomic mass is 10.0. The average Bonchev–Trinajstić information content (AvgIpc) is 2.48. The van der Waals surface area contributed by atoms with Crippen LogP contribution in [0.1, 0.15) is 21.5 Å². The lowest BCUT2D eigenvalue weighted by Gasteiger charge is -2.08. The van der Waals surface area contributed by atoms with Crippen molar-refractivity contribution in [1.29, 1.82) is 0 Å². The van der Waals surface area contributed by atoms with E-state index in [0.29, 0.717) is 23.5 Å². The molecule has 0 fully saturated rings. The summed E-state index contributed by atoms with van der Waals surface area (Å²) in [6, 6.07) is 13.2. The van der Waals surface area contributed by atoms with Crippen molar-refractivity contribution in [3.63, 3.8) is 0 Å². The van der Waals surface area contributed by atoms with E-state index in [2.05, 4.69) is 0 Å². The monoisotopic (exact) mass is 270 g/mol. The molecule has 0 radical (unpaired) electrons. The van der Waals surface area contributed by atoms with Crippen LogP contribution in [0.3, 0.4) is 0 Å². The van der Waals surface area contributed by atoms with Crippen LogP contribution in [0.2, 0.25) is 0 Å². The van der Waals surface area contributed by atoms with E-state index in [0.717, 1.165) is 5.56 Å². The number of hydrogen-bond acceptors (Lipinski definition) is 3. The van der Waals surface area contributed by atoms with E-state index in [9.17, 15) is 4.79 Å². The van der Waals surface area contributed by atoms with Crippen molar-refractivity contribution in [2.75, 3.05) is 14.2 Å². The molecule has 20 heavy (non-hydrogen) atoms. The summed E-state index contributed by atoms with van der Waals surface area (Å²) in [5.74, 6) is 1.29. The zero-order chi connectivity index (χ0) is 14.5. The Balaban J connectivity index is 2.22. The highest BCUT2D eigenvalue weighted by atomic mass is 16.5. The second kappa shape index (κ2) is 6.24. The van der Waals surface area contributed by atoms with Gasteiger partial charge in [-0.15, -0.1) is 0 Å². The third kappa shape index (κ3) is 3.38. The Hall–Kier alpha value is -2.29. The first-order chi connectivity index (χ1) is 9.62. The van der Waals surface area contributed by atoms with Gasteiger partial charge in [-0.1, -0.05) is 29.8 Å². The zero-order valence-corrected chi connectivity index (χ0v) is 12.0. The van der Waals surface area contributed by atoms with E-state index < -0.39 is 0 Å². The number of rotatable bonds is 5. The van der Waals surface area contributed by atoms with Gasteiger partial charge in [0.25, 0.3) is 0 Å². The molecule has 0 saturated carbocycles. The van der Waals surface area contributed by atoms with Gasteiger partial charge in [0, 0.05) is 18.1 Å². The fourth-order valence-electron chi connectivity index (χ4n) is 1.96. The molecule has 3 heteroatoms. The van der Waals surface area contributed by atoms with Gasteiger partial charge >= 0.3 is 0 Å². The minimum absolute atomic E-state index is 0.0473. The Morgan fingerprint density at radius 3 is 2.00 bits per heavy atom. The van der Waals surface area contributed by atoms with Crippen molar-refractivity contribution in [3.8, 4) is 11.5 Å². The van der Waals surface area contributed by atoms with Gasteiger partial charge in [0.2, 0.25) is 0 Å². The lowest BCUT2D eigenvalue weighted by molar-refractivity contribution is 0.0992. The second-order valence-electron chi connectivity index (χ2n) is 4.69. The van der Waals surface area contributed by atoms with Crippen molar-refractivity contribution in [1.82, 2.24) is 0 Å². The molecule has 0 atom stereocenters. The van der Waals surface area contributed by atoms with Crippen molar-refractivity contribution in [3.05, 3.63) is 59.2 Å². The largest absolute Gasteiger partial charge is 0.497 e. The molecule has 0 aromatic heterocycles. The maximum atomic E-state index is 12.3. The first-order valence-corrected chi connectivity index (χ1v) is 6.44. The highest BCUT2D eigenvalue weighted by Crippen LogP contribution is 2.23. The van der Waals surface area contributed by atoms with E-state index in [4.69, 9.17) is 9.47 Å². The average molecular weight is 270 g/mol. The number of hydrogen-bond donors (Lipinski definition) is 0. The Kier molecular flexibility index (Phi) is 4.41. The maximum absolute atomic E-state index is 12.3. The van der Waals surface area contributed by atoms with Crippen LogP contribution in [-0.4, -0.2) is 20.0 Å². The number of carbonyl (C=O) groups excluding carboxylic acids is 1. The molecule has 0 aliphatic heterocycles. The second-order valence-corrected chi connectivity index (χ2v) is 4.69. The van der Waals surface area contributed by atoms with E-state index in [1.54, 1.807) is 32.4 Å². The van der Waals surface area contributed by atoms with Gasteiger partial charge in [0.1, 0.15) is 11.5 Å². The zero-order valence-electron chi connectivity index (χ0n) is 12.0. The predicted molar refractivity (Wildman–Crippen MR) is 78.8 cm³/mol. The molecule has 0 unspecified atom stereocenters. The summed E-state index contributed by atoms with van der Waals surface area (Å²) >= 11 is 0. The van der Waals surface area contributed by atoms with Gasteiger partial charge in [-0.3, -0.25) is 4.79 Å². The van der Waals surface area contributed by atoms with Crippen LogP contribution in [0.4, 0.5) is 0 Å². The SMILES string of the molecule is COc1cc(OC)cc(C(=O)Cc2ccc(C)cc2)c1. The highest BCUT2D eigenvalue weighted by Gasteiger charge is 2.10. The summed E-state index contributed by atoms with van der Waals surface area (Å²) in [7, 11) is 3.14. The van der Waals surface area contributed by atoms with Crippen LogP contribution in [0.25, 0.3) is 0 Å². The van der Waals surface area contributed by atoms with Crippen LogP contribution < -0.4 is 9.47 Å². The van der Waals surface area contributed by atoms with E-state index >= 15 is 0 Å². The molecule has 2 rings (SSSR count). The molecular weight excluding hydrogens is 252 g/mol. The molecule has 2 aromatic carbocycles. The van der Waals surface area contributed by atoms with Gasteiger partial charge < -0.3 is 9.47 Å². The molecule has 2 aromatic rings. The third-order valence-electron chi connectivity index (χ3n) is 3.16. The standard InChI is InChI=1S/C17H18O3/c1-12-4-6-13(7-5-12)8-17(18)14-9-15(19-2)11-16(10-14)20-3/h4-7,9-11H,8H2,1-3H3. The maximum Gasteiger partial charge on any atom is 0.167 e. The Labute approximate surface area is 119 Å². The normalized spacial score (nSPS) is 10.2.